The molecule has 0 unspecified atom stereocenters. The molecule has 26 heavy (non-hydrogen) atoms. The maximum atomic E-state index is 12.1. The number of aryl methyl sites for hydroxylation is 1. The Hall–Kier alpha value is -3.23. The summed E-state index contributed by atoms with van der Waals surface area (Å²) in [6, 6.07) is 6.41. The second-order valence-electron chi connectivity index (χ2n) is 5.88. The fraction of sp³-hybridized carbons (Fsp3) is 0.353. The van der Waals surface area contributed by atoms with Crippen LogP contribution in [0.15, 0.2) is 29.1 Å². The normalized spacial score (nSPS) is 15.0. The molecule has 3 rings (SSSR count). The van der Waals surface area contributed by atoms with Gasteiger partial charge in [-0.1, -0.05) is 12.1 Å². The number of hydrogen-bond acceptors (Lipinski definition) is 6. The number of para-hydroxylation sites is 1. The number of benzene rings is 1. The Morgan fingerprint density at radius 2 is 2.08 bits per heavy atom. The molecule has 1 aromatic heterocycles. The van der Waals surface area contributed by atoms with E-state index in [1.54, 1.807) is 24.3 Å². The van der Waals surface area contributed by atoms with E-state index in [-0.39, 0.29) is 24.9 Å². The molecule has 3 amide bonds. The average molecular weight is 358 g/mol. The Labute approximate surface area is 148 Å². The van der Waals surface area contributed by atoms with Crippen LogP contribution in [-0.4, -0.2) is 52.0 Å². The highest BCUT2D eigenvalue weighted by Crippen LogP contribution is 2.08. The van der Waals surface area contributed by atoms with Gasteiger partial charge in [-0.2, -0.15) is 0 Å². The summed E-state index contributed by atoms with van der Waals surface area (Å²) in [6.07, 6.45) is -0.940. The van der Waals surface area contributed by atoms with Gasteiger partial charge in [-0.05, 0) is 19.1 Å². The third-order valence-corrected chi connectivity index (χ3v) is 4.01. The minimum Gasteiger partial charge on any atom is -0.453 e. The third kappa shape index (κ3) is 3.71. The maximum Gasteiger partial charge on any atom is 0.324 e. The van der Waals surface area contributed by atoms with Crippen molar-refractivity contribution < 1.29 is 19.1 Å². The van der Waals surface area contributed by atoms with Gasteiger partial charge in [-0.15, -0.1) is 0 Å². The van der Waals surface area contributed by atoms with Gasteiger partial charge in [0.2, 0.25) is 0 Å². The SMILES string of the molecule is C[C@H](OC(=O)CCc1nc2ccccc2c(=O)[nH]1)C(=O)N1CCNC1=O. The van der Waals surface area contributed by atoms with Crippen molar-refractivity contribution in [3.63, 3.8) is 0 Å². The molecule has 2 heterocycles. The van der Waals surface area contributed by atoms with Crippen LogP contribution in [0.2, 0.25) is 0 Å². The van der Waals surface area contributed by atoms with E-state index in [0.717, 1.165) is 4.90 Å². The van der Waals surface area contributed by atoms with Crippen molar-refractivity contribution in [3.8, 4) is 0 Å². The first-order chi connectivity index (χ1) is 12.5. The molecule has 1 aliphatic heterocycles. The number of hydrogen-bond donors (Lipinski definition) is 2. The van der Waals surface area contributed by atoms with Gasteiger partial charge in [0.1, 0.15) is 5.82 Å². The number of urea groups is 1. The summed E-state index contributed by atoms with van der Waals surface area (Å²) in [5, 5.41) is 2.98. The number of esters is 1. The molecule has 1 atom stereocenters. The van der Waals surface area contributed by atoms with E-state index in [1.165, 1.54) is 6.92 Å². The number of fused-ring (bicyclic) bond motifs is 1. The second-order valence-corrected chi connectivity index (χ2v) is 5.88. The highest BCUT2D eigenvalue weighted by molar-refractivity contribution is 5.98. The first kappa shape index (κ1) is 17.6. The van der Waals surface area contributed by atoms with Gasteiger partial charge in [-0.3, -0.25) is 19.3 Å². The molecule has 0 radical (unpaired) electrons. The topological polar surface area (TPSA) is 121 Å². The van der Waals surface area contributed by atoms with Crippen LogP contribution in [0.25, 0.3) is 10.9 Å². The Kier molecular flexibility index (Phi) is 4.97. The summed E-state index contributed by atoms with van der Waals surface area (Å²) in [6.45, 7) is 2.05. The Balaban J connectivity index is 1.58. The van der Waals surface area contributed by atoms with Gasteiger partial charge in [0.05, 0.1) is 17.3 Å². The van der Waals surface area contributed by atoms with Crippen molar-refractivity contribution in [2.45, 2.75) is 25.9 Å². The van der Waals surface area contributed by atoms with Crippen molar-refractivity contribution in [2.75, 3.05) is 13.1 Å². The largest absolute Gasteiger partial charge is 0.453 e. The average Bonchev–Trinajstić information content (AvgIpc) is 3.05. The van der Waals surface area contributed by atoms with Crippen molar-refractivity contribution in [2.24, 2.45) is 0 Å². The highest BCUT2D eigenvalue weighted by Gasteiger charge is 2.31. The zero-order chi connectivity index (χ0) is 18.7. The Morgan fingerprint density at radius 1 is 1.31 bits per heavy atom. The lowest BCUT2D eigenvalue weighted by molar-refractivity contribution is -0.157. The number of amides is 3. The molecule has 1 saturated heterocycles. The van der Waals surface area contributed by atoms with Gasteiger partial charge < -0.3 is 15.0 Å². The van der Waals surface area contributed by atoms with Crippen molar-refractivity contribution >= 4 is 28.8 Å². The van der Waals surface area contributed by atoms with Crippen LogP contribution in [0, 0.1) is 0 Å². The molecule has 2 aromatic rings. The summed E-state index contributed by atoms with van der Waals surface area (Å²) in [7, 11) is 0. The number of aromatic nitrogens is 2. The first-order valence-corrected chi connectivity index (χ1v) is 8.22. The summed E-state index contributed by atoms with van der Waals surface area (Å²) >= 11 is 0. The fourth-order valence-corrected chi connectivity index (χ4v) is 2.68. The highest BCUT2D eigenvalue weighted by atomic mass is 16.5. The molecule has 2 N–H and O–H groups in total. The molecule has 9 nitrogen and oxygen atoms in total. The standard InChI is InChI=1S/C17H18N4O5/c1-10(16(24)21-9-8-18-17(21)25)26-14(22)7-6-13-19-12-5-3-2-4-11(12)15(23)20-13/h2-5,10H,6-9H2,1H3,(H,18,25)(H,19,20,23)/t10-/m0/s1. The smallest absolute Gasteiger partial charge is 0.324 e. The van der Waals surface area contributed by atoms with Crippen LogP contribution in [0.5, 0.6) is 0 Å². The van der Waals surface area contributed by atoms with E-state index < -0.39 is 24.0 Å². The van der Waals surface area contributed by atoms with Crippen molar-refractivity contribution in [3.05, 3.63) is 40.4 Å². The minimum atomic E-state index is -1.06. The van der Waals surface area contributed by atoms with E-state index in [9.17, 15) is 19.2 Å². The molecule has 0 saturated carbocycles. The lowest BCUT2D eigenvalue weighted by Crippen LogP contribution is -2.41. The predicted octanol–water partition coefficient (Wildman–Crippen LogP) is 0.339. The fourth-order valence-electron chi connectivity index (χ4n) is 2.68. The number of aromatic amines is 1. The number of nitrogens with one attached hydrogen (secondary N) is 2. The van der Waals surface area contributed by atoms with Crippen LogP contribution in [0.1, 0.15) is 19.2 Å². The molecular weight excluding hydrogens is 340 g/mol. The van der Waals surface area contributed by atoms with Gasteiger partial charge in [-0.25, -0.2) is 9.78 Å². The molecular formula is C17H18N4O5. The van der Waals surface area contributed by atoms with Gasteiger partial charge >= 0.3 is 12.0 Å². The van der Waals surface area contributed by atoms with E-state index in [1.807, 2.05) is 0 Å². The molecule has 1 aromatic carbocycles. The lowest BCUT2D eigenvalue weighted by atomic mass is 10.2. The number of nitrogens with zero attached hydrogens (tertiary/aromatic N) is 2. The summed E-state index contributed by atoms with van der Waals surface area (Å²) in [5.41, 5.74) is 0.269. The van der Waals surface area contributed by atoms with Crippen LogP contribution in [0.3, 0.4) is 0 Å². The monoisotopic (exact) mass is 358 g/mol. The Bertz CT molecular complexity index is 923. The zero-order valence-corrected chi connectivity index (χ0v) is 14.2. The van der Waals surface area contributed by atoms with Gasteiger partial charge in [0, 0.05) is 19.5 Å². The first-order valence-electron chi connectivity index (χ1n) is 8.22. The van der Waals surface area contributed by atoms with Crippen molar-refractivity contribution in [1.82, 2.24) is 20.2 Å². The van der Waals surface area contributed by atoms with Crippen LogP contribution >= 0.6 is 0 Å². The van der Waals surface area contributed by atoms with E-state index >= 15 is 0 Å². The summed E-state index contributed by atoms with van der Waals surface area (Å²) < 4.78 is 5.08. The van der Waals surface area contributed by atoms with Gasteiger partial charge in [0.15, 0.2) is 6.10 Å². The molecule has 0 spiro atoms. The van der Waals surface area contributed by atoms with Crippen molar-refractivity contribution in [1.29, 1.82) is 0 Å². The van der Waals surface area contributed by atoms with Gasteiger partial charge in [0.25, 0.3) is 11.5 Å². The number of carbonyl (C=O) groups is 3. The number of H-pyrrole nitrogens is 1. The molecule has 1 aliphatic rings. The zero-order valence-electron chi connectivity index (χ0n) is 14.2. The second kappa shape index (κ2) is 7.34. The lowest BCUT2D eigenvalue weighted by Gasteiger charge is -2.18. The number of carbonyl (C=O) groups excluding carboxylic acids is 3. The quantitative estimate of drug-likeness (QED) is 0.744. The van der Waals surface area contributed by atoms with E-state index in [4.69, 9.17) is 4.74 Å². The Morgan fingerprint density at radius 3 is 2.81 bits per heavy atom. The molecule has 1 fully saturated rings. The van der Waals surface area contributed by atoms with Crippen LogP contribution in [-0.2, 0) is 20.7 Å². The predicted molar refractivity (Wildman–Crippen MR) is 91.4 cm³/mol. The number of imide groups is 1. The number of rotatable bonds is 5. The molecule has 9 heteroatoms. The molecule has 0 bridgehead atoms. The minimum absolute atomic E-state index is 0.0505. The van der Waals surface area contributed by atoms with Crippen LogP contribution < -0.4 is 10.9 Å². The maximum absolute atomic E-state index is 12.1. The summed E-state index contributed by atoms with van der Waals surface area (Å²) in [4.78, 5) is 55.5. The molecule has 136 valence electrons. The molecule has 0 aliphatic carbocycles. The number of ether oxygens (including phenoxy) is 1. The summed E-state index contributed by atoms with van der Waals surface area (Å²) in [5.74, 6) is -0.810. The van der Waals surface area contributed by atoms with Crippen LogP contribution in [0.4, 0.5) is 4.79 Å². The van der Waals surface area contributed by atoms with E-state index in [0.29, 0.717) is 23.3 Å². The third-order valence-electron chi connectivity index (χ3n) is 4.01. The van der Waals surface area contributed by atoms with E-state index in [2.05, 4.69) is 15.3 Å².